The zero-order valence-electron chi connectivity index (χ0n) is 12.6. The molecule has 1 amide bonds. The first-order valence-electron chi connectivity index (χ1n) is 7.07. The van der Waals surface area contributed by atoms with Crippen molar-refractivity contribution in [2.75, 3.05) is 17.7 Å². The highest BCUT2D eigenvalue weighted by Gasteiger charge is 2.15. The molecule has 0 radical (unpaired) electrons. The van der Waals surface area contributed by atoms with Gasteiger partial charge in [-0.05, 0) is 19.1 Å². The van der Waals surface area contributed by atoms with Gasteiger partial charge in [-0.1, -0.05) is 41.3 Å². The van der Waals surface area contributed by atoms with E-state index in [1.54, 1.807) is 19.1 Å². The molecular weight excluding hydrogens is 350 g/mol. The minimum atomic E-state index is -0.399. The van der Waals surface area contributed by atoms with Crippen molar-refractivity contribution in [3.63, 3.8) is 0 Å². The Balaban J connectivity index is 1.61. The number of esters is 1. The van der Waals surface area contributed by atoms with E-state index in [0.29, 0.717) is 21.7 Å². The molecule has 9 heteroatoms. The second kappa shape index (κ2) is 7.45. The van der Waals surface area contributed by atoms with Gasteiger partial charge < -0.3 is 9.15 Å². The number of nitrogens with one attached hydrogen (secondary N) is 1. The van der Waals surface area contributed by atoms with Crippen LogP contribution in [0.3, 0.4) is 0 Å². The Bertz CT molecular complexity index is 841. The minimum absolute atomic E-state index is 0.153. The molecule has 0 unspecified atom stereocenters. The standard InChI is InChI=1S/C15H13N3O4S2/c1-2-21-12(19)8-23-15-18-17-14(24-15)16-13(20)11-7-9-5-3-4-6-10(9)22-11/h3-7H,2,8H2,1H3,(H,16,17,20). The summed E-state index contributed by atoms with van der Waals surface area (Å²) in [5.74, 6) is -0.359. The second-order valence-corrected chi connectivity index (χ2v) is 6.77. The van der Waals surface area contributed by atoms with Gasteiger partial charge in [-0.2, -0.15) is 0 Å². The smallest absolute Gasteiger partial charge is 0.316 e. The van der Waals surface area contributed by atoms with Crippen LogP contribution in [-0.2, 0) is 9.53 Å². The molecule has 0 saturated heterocycles. The third-order valence-corrected chi connectivity index (χ3v) is 4.84. The number of carbonyl (C=O) groups excluding carboxylic acids is 2. The Hall–Kier alpha value is -2.39. The number of para-hydroxylation sites is 1. The molecule has 0 fully saturated rings. The third kappa shape index (κ3) is 3.92. The highest BCUT2D eigenvalue weighted by atomic mass is 32.2. The first-order chi connectivity index (χ1) is 11.7. The number of rotatable bonds is 6. The van der Waals surface area contributed by atoms with Crippen LogP contribution in [0.15, 0.2) is 39.1 Å². The van der Waals surface area contributed by atoms with Crippen molar-refractivity contribution in [2.24, 2.45) is 0 Å². The number of thioether (sulfide) groups is 1. The molecular formula is C15H13N3O4S2. The van der Waals surface area contributed by atoms with Crippen molar-refractivity contribution in [1.82, 2.24) is 10.2 Å². The van der Waals surface area contributed by atoms with Crippen LogP contribution in [0.2, 0.25) is 0 Å². The molecule has 24 heavy (non-hydrogen) atoms. The van der Waals surface area contributed by atoms with E-state index >= 15 is 0 Å². The van der Waals surface area contributed by atoms with E-state index in [1.807, 2.05) is 18.2 Å². The quantitative estimate of drug-likeness (QED) is 0.408. The van der Waals surface area contributed by atoms with Gasteiger partial charge in [0.2, 0.25) is 5.13 Å². The summed E-state index contributed by atoms with van der Waals surface area (Å²) in [5, 5.41) is 11.6. The highest BCUT2D eigenvalue weighted by molar-refractivity contribution is 8.01. The first kappa shape index (κ1) is 16.5. The predicted molar refractivity (Wildman–Crippen MR) is 91.4 cm³/mol. The zero-order chi connectivity index (χ0) is 16.9. The Labute approximate surface area is 145 Å². The lowest BCUT2D eigenvalue weighted by atomic mass is 10.2. The summed E-state index contributed by atoms with van der Waals surface area (Å²) in [7, 11) is 0. The largest absolute Gasteiger partial charge is 0.465 e. The normalized spacial score (nSPS) is 10.7. The molecule has 0 aliphatic carbocycles. The van der Waals surface area contributed by atoms with Crippen LogP contribution in [0.1, 0.15) is 17.5 Å². The van der Waals surface area contributed by atoms with E-state index in [-0.39, 0.29) is 17.5 Å². The van der Waals surface area contributed by atoms with Crippen molar-refractivity contribution < 1.29 is 18.7 Å². The number of aromatic nitrogens is 2. The Morgan fingerprint density at radius 1 is 1.33 bits per heavy atom. The lowest BCUT2D eigenvalue weighted by Gasteiger charge is -1.98. The molecule has 0 bridgehead atoms. The molecule has 0 saturated carbocycles. The lowest BCUT2D eigenvalue weighted by molar-refractivity contribution is -0.139. The summed E-state index contributed by atoms with van der Waals surface area (Å²) in [6.07, 6.45) is 0. The maximum atomic E-state index is 12.2. The molecule has 0 spiro atoms. The fourth-order valence-corrected chi connectivity index (χ4v) is 3.44. The maximum Gasteiger partial charge on any atom is 0.316 e. The minimum Gasteiger partial charge on any atom is -0.465 e. The fourth-order valence-electron chi connectivity index (χ4n) is 1.89. The van der Waals surface area contributed by atoms with Gasteiger partial charge in [-0.15, -0.1) is 10.2 Å². The number of ether oxygens (including phenoxy) is 1. The van der Waals surface area contributed by atoms with Crippen LogP contribution in [0.4, 0.5) is 5.13 Å². The van der Waals surface area contributed by atoms with Crippen molar-refractivity contribution in [3.05, 3.63) is 36.1 Å². The van der Waals surface area contributed by atoms with Gasteiger partial charge in [0, 0.05) is 5.39 Å². The van der Waals surface area contributed by atoms with E-state index in [4.69, 9.17) is 9.15 Å². The molecule has 7 nitrogen and oxygen atoms in total. The van der Waals surface area contributed by atoms with Gasteiger partial charge in [0.25, 0.3) is 5.91 Å². The van der Waals surface area contributed by atoms with Gasteiger partial charge in [0.05, 0.1) is 12.4 Å². The van der Waals surface area contributed by atoms with Crippen LogP contribution in [0.5, 0.6) is 0 Å². The molecule has 2 heterocycles. The topological polar surface area (TPSA) is 94.3 Å². The SMILES string of the molecule is CCOC(=O)CSc1nnc(NC(=O)c2cc3ccccc3o2)s1. The highest BCUT2D eigenvalue weighted by Crippen LogP contribution is 2.26. The fraction of sp³-hybridized carbons (Fsp3) is 0.200. The molecule has 0 atom stereocenters. The van der Waals surface area contributed by atoms with Gasteiger partial charge >= 0.3 is 5.97 Å². The van der Waals surface area contributed by atoms with Crippen LogP contribution < -0.4 is 5.32 Å². The molecule has 3 aromatic rings. The number of hydrogen-bond acceptors (Lipinski definition) is 8. The van der Waals surface area contributed by atoms with Gasteiger partial charge in [0.1, 0.15) is 5.58 Å². The Morgan fingerprint density at radius 3 is 2.96 bits per heavy atom. The number of nitrogens with zero attached hydrogens (tertiary/aromatic N) is 2. The lowest BCUT2D eigenvalue weighted by Crippen LogP contribution is -2.10. The number of amides is 1. The molecule has 2 aromatic heterocycles. The predicted octanol–water partition coefficient (Wildman–Crippen LogP) is 3.19. The van der Waals surface area contributed by atoms with Crippen LogP contribution in [0, 0.1) is 0 Å². The summed E-state index contributed by atoms with van der Waals surface area (Å²) < 4.78 is 10.9. The van der Waals surface area contributed by atoms with Crippen molar-refractivity contribution in [3.8, 4) is 0 Å². The number of benzene rings is 1. The summed E-state index contributed by atoms with van der Waals surface area (Å²) in [6, 6.07) is 9.04. The maximum absolute atomic E-state index is 12.2. The van der Waals surface area contributed by atoms with Crippen molar-refractivity contribution in [1.29, 1.82) is 0 Å². The van der Waals surface area contributed by atoms with Crippen LogP contribution in [-0.4, -0.2) is 34.4 Å². The Morgan fingerprint density at radius 2 is 2.17 bits per heavy atom. The van der Waals surface area contributed by atoms with Gasteiger partial charge in [-0.25, -0.2) is 0 Å². The van der Waals surface area contributed by atoms with Gasteiger partial charge in [0.15, 0.2) is 10.1 Å². The second-order valence-electron chi connectivity index (χ2n) is 4.57. The molecule has 3 rings (SSSR count). The number of anilines is 1. The van der Waals surface area contributed by atoms with E-state index in [0.717, 1.165) is 5.39 Å². The van der Waals surface area contributed by atoms with E-state index < -0.39 is 5.91 Å². The molecule has 0 aliphatic heterocycles. The van der Waals surface area contributed by atoms with Crippen molar-refractivity contribution >= 4 is 51.1 Å². The molecule has 124 valence electrons. The number of furan rings is 1. The van der Waals surface area contributed by atoms with Crippen LogP contribution >= 0.6 is 23.1 Å². The summed E-state index contributed by atoms with van der Waals surface area (Å²) in [6.45, 7) is 2.09. The average molecular weight is 363 g/mol. The summed E-state index contributed by atoms with van der Waals surface area (Å²) in [4.78, 5) is 23.5. The number of carbonyl (C=O) groups is 2. The number of fused-ring (bicyclic) bond motifs is 1. The number of hydrogen-bond donors (Lipinski definition) is 1. The summed E-state index contributed by atoms with van der Waals surface area (Å²) >= 11 is 2.39. The van der Waals surface area contributed by atoms with Gasteiger partial charge in [-0.3, -0.25) is 14.9 Å². The summed E-state index contributed by atoms with van der Waals surface area (Å²) in [5.41, 5.74) is 0.644. The first-order valence-corrected chi connectivity index (χ1v) is 8.88. The molecule has 1 aromatic carbocycles. The third-order valence-electron chi connectivity index (χ3n) is 2.90. The van der Waals surface area contributed by atoms with E-state index in [1.165, 1.54) is 23.1 Å². The molecule has 0 aliphatic rings. The Kier molecular flexibility index (Phi) is 5.11. The van der Waals surface area contributed by atoms with Crippen molar-refractivity contribution in [2.45, 2.75) is 11.3 Å². The van der Waals surface area contributed by atoms with Crippen LogP contribution in [0.25, 0.3) is 11.0 Å². The molecule has 1 N–H and O–H groups in total. The van der Waals surface area contributed by atoms with E-state index in [2.05, 4.69) is 15.5 Å². The average Bonchev–Trinajstić information content (AvgIpc) is 3.19. The zero-order valence-corrected chi connectivity index (χ0v) is 14.3. The monoisotopic (exact) mass is 363 g/mol. The van der Waals surface area contributed by atoms with E-state index in [9.17, 15) is 9.59 Å².